The van der Waals surface area contributed by atoms with Crippen molar-refractivity contribution in [2.75, 3.05) is 13.2 Å². The fraction of sp³-hybridized carbons (Fsp3) is 0.609. The lowest BCUT2D eigenvalue weighted by atomic mass is 10.1. The third-order valence-corrected chi connectivity index (χ3v) is 10.9. The largest absolute Gasteiger partial charge is 0.532 e. The lowest BCUT2D eigenvalue weighted by molar-refractivity contribution is 0.203. The highest BCUT2D eigenvalue weighted by Crippen LogP contribution is 2.41. The molecule has 0 N–H and O–H groups in total. The Bertz CT molecular complexity index is 741. The molecule has 162 valence electrons. The minimum Gasteiger partial charge on any atom is -0.532 e. The van der Waals surface area contributed by atoms with E-state index in [-0.39, 0.29) is 5.04 Å². The maximum Gasteiger partial charge on any atom is 0.244 e. The molecule has 29 heavy (non-hydrogen) atoms. The number of ether oxygens (including phenoxy) is 1. The van der Waals surface area contributed by atoms with Gasteiger partial charge in [0.05, 0.1) is 6.61 Å². The first-order chi connectivity index (χ1) is 13.3. The molecule has 0 saturated heterocycles. The summed E-state index contributed by atoms with van der Waals surface area (Å²) in [5.74, 6) is 1.98. The van der Waals surface area contributed by atoms with Crippen LogP contribution in [-0.4, -0.2) is 36.1 Å². The highest BCUT2D eigenvalue weighted by Gasteiger charge is 2.36. The Hall–Kier alpha value is -1.38. The second-order valence-corrected chi connectivity index (χ2v) is 19.6. The molecule has 4 nitrogen and oxygen atoms in total. The van der Waals surface area contributed by atoms with Crippen LogP contribution in [0.15, 0.2) is 35.7 Å². The second kappa shape index (κ2) is 9.19. The van der Waals surface area contributed by atoms with Crippen LogP contribution in [0.2, 0.25) is 37.8 Å². The minimum absolute atomic E-state index is 0.202. The van der Waals surface area contributed by atoms with Crippen LogP contribution in [0.4, 0.5) is 0 Å². The number of hydrogen-bond donors (Lipinski definition) is 0. The van der Waals surface area contributed by atoms with E-state index in [0.29, 0.717) is 25.0 Å². The number of benzene rings is 1. The molecule has 0 unspecified atom stereocenters. The number of hydrogen-bond acceptors (Lipinski definition) is 4. The zero-order valence-electron chi connectivity index (χ0n) is 19.6. The van der Waals surface area contributed by atoms with Gasteiger partial charge in [0.2, 0.25) is 8.32 Å². The number of aliphatic imine (C=N–C) groups is 1. The highest BCUT2D eigenvalue weighted by atomic mass is 28.4. The molecule has 1 aliphatic carbocycles. The SMILES string of the molecule is C=C(N=Cc1cc(C2CC2)ccc1OCCO[Si](C)(C)C(C)(C)C)O[Si](C)(C)C. The topological polar surface area (TPSA) is 40.0 Å². The number of rotatable bonds is 10. The van der Waals surface area contributed by atoms with Crippen LogP contribution >= 0.6 is 0 Å². The Kier molecular flexibility index (Phi) is 7.57. The zero-order chi connectivity index (χ0) is 21.9. The van der Waals surface area contributed by atoms with E-state index in [4.69, 9.17) is 13.6 Å². The van der Waals surface area contributed by atoms with Gasteiger partial charge in [0.15, 0.2) is 14.2 Å². The van der Waals surface area contributed by atoms with E-state index in [1.807, 2.05) is 6.21 Å². The molecule has 1 aliphatic rings. The Labute approximate surface area is 179 Å². The van der Waals surface area contributed by atoms with E-state index >= 15 is 0 Å². The van der Waals surface area contributed by atoms with E-state index in [1.165, 1.54) is 18.4 Å². The van der Waals surface area contributed by atoms with Gasteiger partial charge >= 0.3 is 0 Å². The van der Waals surface area contributed by atoms with Gasteiger partial charge in [-0.05, 0) is 80.8 Å². The maximum atomic E-state index is 6.23. The van der Waals surface area contributed by atoms with E-state index < -0.39 is 16.6 Å². The van der Waals surface area contributed by atoms with Crippen LogP contribution < -0.4 is 4.74 Å². The molecule has 0 aliphatic heterocycles. The molecule has 1 aromatic rings. The first-order valence-corrected chi connectivity index (χ1v) is 16.9. The van der Waals surface area contributed by atoms with Crippen LogP contribution in [0.5, 0.6) is 5.75 Å². The predicted octanol–water partition coefficient (Wildman–Crippen LogP) is 6.71. The summed E-state index contributed by atoms with van der Waals surface area (Å²) in [6, 6.07) is 6.42. The van der Waals surface area contributed by atoms with Crippen LogP contribution in [-0.2, 0) is 8.85 Å². The molecule has 0 amide bonds. The third kappa shape index (κ3) is 7.76. The molecule has 6 heteroatoms. The molecule has 1 aromatic carbocycles. The lowest BCUT2D eigenvalue weighted by Gasteiger charge is -2.36. The molecule has 1 saturated carbocycles. The quantitative estimate of drug-likeness (QED) is 0.178. The zero-order valence-corrected chi connectivity index (χ0v) is 21.6. The van der Waals surface area contributed by atoms with Crippen LogP contribution in [0.1, 0.15) is 50.7 Å². The van der Waals surface area contributed by atoms with Crippen LogP contribution in [0.25, 0.3) is 0 Å². The standard InChI is InChI=1S/C23H39NO3Si2/c1-18(27-28(5,6)7)24-17-21-16-20(19-10-11-19)12-13-22(21)25-14-15-26-29(8,9)23(2,3)4/h12-13,16-17,19H,1,10-11,14-15H2,2-9H3. The minimum atomic E-state index is -1.76. The van der Waals surface area contributed by atoms with E-state index in [9.17, 15) is 0 Å². The highest BCUT2D eigenvalue weighted by molar-refractivity contribution is 6.74. The van der Waals surface area contributed by atoms with Gasteiger partial charge in [-0.3, -0.25) is 0 Å². The van der Waals surface area contributed by atoms with Crippen molar-refractivity contribution in [3.63, 3.8) is 0 Å². The Balaban J connectivity index is 2.04. The molecule has 0 radical (unpaired) electrons. The second-order valence-electron chi connectivity index (χ2n) is 10.4. The molecule has 0 heterocycles. The first kappa shape index (κ1) is 23.9. The van der Waals surface area contributed by atoms with Crippen LogP contribution in [0.3, 0.4) is 0 Å². The lowest BCUT2D eigenvalue weighted by Crippen LogP contribution is -2.41. The van der Waals surface area contributed by atoms with E-state index in [2.05, 4.69) is 83.3 Å². The summed E-state index contributed by atoms with van der Waals surface area (Å²) in [7, 11) is -3.46. The summed E-state index contributed by atoms with van der Waals surface area (Å²) < 4.78 is 18.2. The van der Waals surface area contributed by atoms with Gasteiger partial charge in [0, 0.05) is 11.8 Å². The molecular weight excluding hydrogens is 394 g/mol. The van der Waals surface area contributed by atoms with Crippen molar-refractivity contribution < 1.29 is 13.6 Å². The summed E-state index contributed by atoms with van der Waals surface area (Å²) in [5.41, 5.74) is 2.33. The molecule has 0 aromatic heterocycles. The average Bonchev–Trinajstić information content (AvgIpc) is 3.40. The summed E-state index contributed by atoms with van der Waals surface area (Å²) in [5, 5.41) is 0.202. The molecule has 1 fully saturated rings. The van der Waals surface area contributed by atoms with Gasteiger partial charge in [-0.2, -0.15) is 0 Å². The molecule has 2 rings (SSSR count). The summed E-state index contributed by atoms with van der Waals surface area (Å²) >= 11 is 0. The van der Waals surface area contributed by atoms with Gasteiger partial charge < -0.3 is 13.6 Å². The van der Waals surface area contributed by atoms with E-state index in [0.717, 1.165) is 11.3 Å². The van der Waals surface area contributed by atoms with Gasteiger partial charge in [0.25, 0.3) is 0 Å². The van der Waals surface area contributed by atoms with Crippen molar-refractivity contribution in [2.24, 2.45) is 4.99 Å². The van der Waals surface area contributed by atoms with Crippen molar-refractivity contribution in [1.29, 1.82) is 0 Å². The van der Waals surface area contributed by atoms with Crippen LogP contribution in [0, 0.1) is 0 Å². The third-order valence-electron chi connectivity index (χ3n) is 5.46. The van der Waals surface area contributed by atoms with Gasteiger partial charge in [0.1, 0.15) is 12.4 Å². The molecule has 0 spiro atoms. The van der Waals surface area contributed by atoms with Gasteiger partial charge in [-0.25, -0.2) is 4.99 Å². The maximum absolute atomic E-state index is 6.23. The molecule has 0 bridgehead atoms. The fourth-order valence-corrected chi connectivity index (χ4v) is 4.44. The average molecular weight is 434 g/mol. The van der Waals surface area contributed by atoms with E-state index in [1.54, 1.807) is 0 Å². The predicted molar refractivity (Wildman–Crippen MR) is 128 cm³/mol. The number of nitrogens with zero attached hydrogens (tertiary/aromatic N) is 1. The molecular formula is C23H39NO3Si2. The Morgan fingerprint density at radius 1 is 1.14 bits per heavy atom. The van der Waals surface area contributed by atoms with Gasteiger partial charge in [-0.15, -0.1) is 0 Å². The monoisotopic (exact) mass is 433 g/mol. The first-order valence-electron chi connectivity index (χ1n) is 10.6. The molecule has 0 atom stereocenters. The Morgan fingerprint density at radius 2 is 1.79 bits per heavy atom. The van der Waals surface area contributed by atoms with Crippen molar-refractivity contribution in [3.8, 4) is 5.75 Å². The normalized spacial score (nSPS) is 15.6. The summed E-state index contributed by atoms with van der Waals surface area (Å²) in [6.07, 6.45) is 4.35. The van der Waals surface area contributed by atoms with Crippen molar-refractivity contribution in [3.05, 3.63) is 41.8 Å². The van der Waals surface area contributed by atoms with Crippen molar-refractivity contribution in [2.45, 2.75) is 77.3 Å². The van der Waals surface area contributed by atoms with Gasteiger partial charge in [-0.1, -0.05) is 26.8 Å². The summed E-state index contributed by atoms with van der Waals surface area (Å²) in [4.78, 5) is 4.45. The van der Waals surface area contributed by atoms with Crippen molar-refractivity contribution in [1.82, 2.24) is 0 Å². The Morgan fingerprint density at radius 3 is 2.34 bits per heavy atom. The fourth-order valence-electron chi connectivity index (χ4n) is 2.66. The summed E-state index contributed by atoms with van der Waals surface area (Å²) in [6.45, 7) is 22.7. The smallest absolute Gasteiger partial charge is 0.244 e. The van der Waals surface area contributed by atoms with Crippen molar-refractivity contribution >= 4 is 22.8 Å².